The van der Waals surface area contributed by atoms with Crippen LogP contribution < -0.4 is 0 Å². The van der Waals surface area contributed by atoms with E-state index in [1.165, 1.54) is 12.7 Å². The number of carbonyl (C=O) groups excluding carboxylic acids is 1. The summed E-state index contributed by atoms with van der Waals surface area (Å²) >= 11 is 0. The molecule has 1 fully saturated rings. The third-order valence-corrected chi connectivity index (χ3v) is 3.69. The van der Waals surface area contributed by atoms with Gasteiger partial charge in [-0.25, -0.2) is 4.79 Å². The highest BCUT2D eigenvalue weighted by Gasteiger charge is 2.14. The second-order valence-electron chi connectivity index (χ2n) is 4.95. The number of nitrogens with zero attached hydrogens (tertiary/aromatic N) is 1. The molecule has 2 heterocycles. The Morgan fingerprint density at radius 1 is 1.40 bits per heavy atom. The fourth-order valence-corrected chi connectivity index (χ4v) is 2.56. The second kappa shape index (κ2) is 5.64. The molecule has 1 aromatic heterocycles. The van der Waals surface area contributed by atoms with E-state index in [1.807, 2.05) is 24.4 Å². The topological polar surface area (TPSA) is 54.6 Å². The molecule has 0 unspecified atom stereocenters. The van der Waals surface area contributed by atoms with Gasteiger partial charge >= 0.3 is 5.97 Å². The number of ether oxygens (including phenoxy) is 2. The predicted molar refractivity (Wildman–Crippen MR) is 75.7 cm³/mol. The minimum Gasteiger partial charge on any atom is -0.465 e. The number of methoxy groups -OCH3 is 1. The zero-order chi connectivity index (χ0) is 13.9. The highest BCUT2D eigenvalue weighted by atomic mass is 16.5. The molecular weight excluding hydrogens is 256 g/mol. The van der Waals surface area contributed by atoms with E-state index in [9.17, 15) is 4.79 Å². The highest BCUT2D eigenvalue weighted by molar-refractivity contribution is 5.95. The average molecular weight is 274 g/mol. The van der Waals surface area contributed by atoms with Crippen molar-refractivity contribution in [1.29, 1.82) is 0 Å². The zero-order valence-electron chi connectivity index (χ0n) is 11.5. The van der Waals surface area contributed by atoms with Gasteiger partial charge in [0.25, 0.3) is 0 Å². The number of hydrogen-bond donors (Lipinski definition) is 1. The second-order valence-corrected chi connectivity index (χ2v) is 4.95. The Hall–Kier alpha value is -1.85. The smallest absolute Gasteiger partial charge is 0.337 e. The van der Waals surface area contributed by atoms with Crippen molar-refractivity contribution in [3.8, 4) is 0 Å². The largest absolute Gasteiger partial charge is 0.465 e. The summed E-state index contributed by atoms with van der Waals surface area (Å²) in [6, 6.07) is 5.63. The monoisotopic (exact) mass is 274 g/mol. The van der Waals surface area contributed by atoms with Crippen LogP contribution in [0.15, 0.2) is 24.4 Å². The molecule has 0 aliphatic carbocycles. The molecule has 106 valence electrons. The van der Waals surface area contributed by atoms with Gasteiger partial charge < -0.3 is 14.5 Å². The molecule has 2 aromatic rings. The van der Waals surface area contributed by atoms with Gasteiger partial charge in [-0.1, -0.05) is 6.07 Å². The minimum absolute atomic E-state index is 0.309. The molecule has 1 aliphatic rings. The molecule has 5 heteroatoms. The summed E-state index contributed by atoms with van der Waals surface area (Å²) in [4.78, 5) is 17.1. The first-order chi connectivity index (χ1) is 9.78. The molecule has 1 N–H and O–H groups in total. The maximum atomic E-state index is 11.5. The van der Waals surface area contributed by atoms with Crippen LogP contribution in [0.4, 0.5) is 0 Å². The van der Waals surface area contributed by atoms with Crippen LogP contribution in [0.5, 0.6) is 0 Å². The normalized spacial score (nSPS) is 16.4. The molecule has 0 amide bonds. The quantitative estimate of drug-likeness (QED) is 0.867. The zero-order valence-corrected chi connectivity index (χ0v) is 11.5. The van der Waals surface area contributed by atoms with Gasteiger partial charge in [0, 0.05) is 36.7 Å². The minimum atomic E-state index is -0.309. The summed E-state index contributed by atoms with van der Waals surface area (Å²) in [5.74, 6) is -0.309. The van der Waals surface area contributed by atoms with E-state index in [4.69, 9.17) is 9.47 Å². The van der Waals surface area contributed by atoms with E-state index in [-0.39, 0.29) is 5.97 Å². The number of hydrogen-bond acceptors (Lipinski definition) is 4. The van der Waals surface area contributed by atoms with Gasteiger partial charge in [-0.3, -0.25) is 4.90 Å². The van der Waals surface area contributed by atoms with Crippen molar-refractivity contribution in [3.63, 3.8) is 0 Å². The van der Waals surface area contributed by atoms with Crippen molar-refractivity contribution < 1.29 is 14.3 Å². The highest BCUT2D eigenvalue weighted by Crippen LogP contribution is 2.21. The van der Waals surface area contributed by atoms with Crippen LogP contribution in [-0.4, -0.2) is 49.3 Å². The van der Waals surface area contributed by atoms with Gasteiger partial charge in [-0.2, -0.15) is 0 Å². The van der Waals surface area contributed by atoms with Crippen molar-refractivity contribution in [2.45, 2.75) is 6.54 Å². The Morgan fingerprint density at radius 2 is 2.20 bits per heavy atom. The molecule has 3 rings (SSSR count). The summed E-state index contributed by atoms with van der Waals surface area (Å²) in [6.07, 6.45) is 2.02. The van der Waals surface area contributed by atoms with Crippen molar-refractivity contribution in [2.75, 3.05) is 33.4 Å². The fourth-order valence-electron chi connectivity index (χ4n) is 2.56. The van der Waals surface area contributed by atoms with Crippen LogP contribution in [0, 0.1) is 0 Å². The number of aromatic amines is 1. The van der Waals surface area contributed by atoms with E-state index in [0.29, 0.717) is 5.56 Å². The number of benzene rings is 1. The fraction of sp³-hybridized carbons (Fsp3) is 0.400. The number of rotatable bonds is 3. The molecular formula is C15H18N2O3. The lowest BCUT2D eigenvalue weighted by Crippen LogP contribution is -2.35. The number of carbonyl (C=O) groups is 1. The summed E-state index contributed by atoms with van der Waals surface area (Å²) in [5, 5.41) is 1.16. The van der Waals surface area contributed by atoms with Crippen molar-refractivity contribution in [3.05, 3.63) is 35.5 Å². The van der Waals surface area contributed by atoms with E-state index in [1.54, 1.807) is 0 Å². The molecule has 0 bridgehead atoms. The Morgan fingerprint density at radius 3 is 2.95 bits per heavy atom. The van der Waals surface area contributed by atoms with E-state index in [0.717, 1.165) is 43.8 Å². The SMILES string of the molecule is COC(=O)c1ccc2c(CN3CCOCC3)c[nH]c2c1. The van der Waals surface area contributed by atoms with Crippen molar-refractivity contribution in [2.24, 2.45) is 0 Å². The number of morpholine rings is 1. The lowest BCUT2D eigenvalue weighted by molar-refractivity contribution is 0.0343. The van der Waals surface area contributed by atoms with E-state index < -0.39 is 0 Å². The number of esters is 1. The van der Waals surface area contributed by atoms with Gasteiger partial charge in [-0.15, -0.1) is 0 Å². The van der Waals surface area contributed by atoms with E-state index >= 15 is 0 Å². The first-order valence-electron chi connectivity index (χ1n) is 6.76. The lowest BCUT2D eigenvalue weighted by atomic mass is 10.1. The summed E-state index contributed by atoms with van der Waals surface area (Å²) in [5.41, 5.74) is 2.79. The van der Waals surface area contributed by atoms with Gasteiger partial charge in [0.15, 0.2) is 0 Å². The summed E-state index contributed by atoms with van der Waals surface area (Å²) in [6.45, 7) is 4.43. The third-order valence-electron chi connectivity index (χ3n) is 3.69. The standard InChI is InChI=1S/C15H18N2O3/c1-19-15(18)11-2-3-13-12(9-16-14(13)8-11)10-17-4-6-20-7-5-17/h2-3,8-9,16H,4-7,10H2,1H3. The molecule has 1 aromatic carbocycles. The van der Waals surface area contributed by atoms with Crippen LogP contribution in [0.2, 0.25) is 0 Å². The van der Waals surface area contributed by atoms with Crippen molar-refractivity contribution in [1.82, 2.24) is 9.88 Å². The molecule has 0 saturated carbocycles. The maximum Gasteiger partial charge on any atom is 0.337 e. The van der Waals surface area contributed by atoms with Crippen LogP contribution in [0.25, 0.3) is 10.9 Å². The first-order valence-corrected chi connectivity index (χ1v) is 6.76. The van der Waals surface area contributed by atoms with Crippen LogP contribution in [0.1, 0.15) is 15.9 Å². The number of nitrogens with one attached hydrogen (secondary N) is 1. The summed E-state index contributed by atoms with van der Waals surface area (Å²) < 4.78 is 10.1. The molecule has 5 nitrogen and oxygen atoms in total. The Kier molecular flexibility index (Phi) is 3.71. The van der Waals surface area contributed by atoms with Crippen LogP contribution in [0.3, 0.4) is 0 Å². The number of fused-ring (bicyclic) bond motifs is 1. The number of H-pyrrole nitrogens is 1. The van der Waals surface area contributed by atoms with Gasteiger partial charge in [0.05, 0.1) is 25.9 Å². The van der Waals surface area contributed by atoms with Gasteiger partial charge in [0.1, 0.15) is 0 Å². The van der Waals surface area contributed by atoms with Crippen LogP contribution in [-0.2, 0) is 16.0 Å². The van der Waals surface area contributed by atoms with E-state index in [2.05, 4.69) is 9.88 Å². The Labute approximate surface area is 117 Å². The third kappa shape index (κ3) is 2.55. The van der Waals surface area contributed by atoms with Gasteiger partial charge in [0.2, 0.25) is 0 Å². The predicted octanol–water partition coefficient (Wildman–Crippen LogP) is 1.79. The average Bonchev–Trinajstić information content (AvgIpc) is 2.90. The molecule has 0 atom stereocenters. The van der Waals surface area contributed by atoms with Crippen LogP contribution >= 0.6 is 0 Å². The van der Waals surface area contributed by atoms with Gasteiger partial charge in [-0.05, 0) is 17.7 Å². The molecule has 1 saturated heterocycles. The Bertz CT molecular complexity index is 615. The first kappa shape index (κ1) is 13.1. The number of aromatic nitrogens is 1. The lowest BCUT2D eigenvalue weighted by Gasteiger charge is -2.26. The molecule has 1 aliphatic heterocycles. The Balaban J connectivity index is 1.84. The summed E-state index contributed by atoms with van der Waals surface area (Å²) in [7, 11) is 1.39. The van der Waals surface area contributed by atoms with Crippen molar-refractivity contribution >= 4 is 16.9 Å². The molecule has 0 radical (unpaired) electrons. The maximum absolute atomic E-state index is 11.5. The molecule has 20 heavy (non-hydrogen) atoms. The molecule has 0 spiro atoms.